The fourth-order valence-electron chi connectivity index (χ4n) is 1.77. The molecule has 21 heavy (non-hydrogen) atoms. The lowest BCUT2D eigenvalue weighted by Crippen LogP contribution is -2.37. The van der Waals surface area contributed by atoms with Gasteiger partial charge < -0.3 is 5.73 Å². The van der Waals surface area contributed by atoms with Crippen LogP contribution in [0.15, 0.2) is 59.5 Å². The minimum absolute atomic E-state index is 0.147. The highest BCUT2D eigenvalue weighted by Crippen LogP contribution is 2.17. The maximum Gasteiger partial charge on any atom is 0.241 e. The monoisotopic (exact) mass is 308 g/mol. The van der Waals surface area contributed by atoms with Crippen molar-refractivity contribution in [3.63, 3.8) is 0 Å². The molecule has 1 unspecified atom stereocenters. The molecule has 0 heterocycles. The molecule has 0 bridgehead atoms. The van der Waals surface area contributed by atoms with Crippen LogP contribution < -0.4 is 10.5 Å². The van der Waals surface area contributed by atoms with Gasteiger partial charge in [0.15, 0.2) is 0 Å². The van der Waals surface area contributed by atoms with Crippen molar-refractivity contribution in [2.75, 3.05) is 0 Å². The molecule has 3 N–H and O–H groups in total. The second kappa shape index (κ2) is 6.02. The summed E-state index contributed by atoms with van der Waals surface area (Å²) in [5, 5.41) is 0. The summed E-state index contributed by atoms with van der Waals surface area (Å²) in [5.74, 6) is -1.38. The zero-order valence-electron chi connectivity index (χ0n) is 10.9. The van der Waals surface area contributed by atoms with Crippen LogP contribution >= 0.6 is 0 Å². The number of nitrogens with one attached hydrogen (secondary N) is 1. The fraction of sp³-hybridized carbons (Fsp3) is 0.0714. The molecule has 7 heteroatoms. The van der Waals surface area contributed by atoms with Gasteiger partial charge in [-0.3, -0.25) is 4.79 Å². The van der Waals surface area contributed by atoms with Gasteiger partial charge in [-0.05, 0) is 29.8 Å². The molecule has 5 nitrogen and oxygen atoms in total. The summed E-state index contributed by atoms with van der Waals surface area (Å²) in [6, 6.07) is 11.3. The number of hydrogen-bond donors (Lipinski definition) is 2. The van der Waals surface area contributed by atoms with E-state index in [1.165, 1.54) is 0 Å². The molecule has 0 saturated carbocycles. The molecule has 0 aliphatic heterocycles. The molecule has 0 aliphatic carbocycles. The number of halogens is 1. The Morgan fingerprint density at radius 2 is 1.62 bits per heavy atom. The lowest BCUT2D eigenvalue weighted by atomic mass is 10.1. The van der Waals surface area contributed by atoms with E-state index in [4.69, 9.17) is 5.73 Å². The molecular weight excluding hydrogens is 295 g/mol. The summed E-state index contributed by atoms with van der Waals surface area (Å²) >= 11 is 0. The van der Waals surface area contributed by atoms with Crippen molar-refractivity contribution in [2.24, 2.45) is 5.73 Å². The van der Waals surface area contributed by atoms with Crippen LogP contribution in [0.1, 0.15) is 11.6 Å². The van der Waals surface area contributed by atoms with Gasteiger partial charge in [-0.1, -0.05) is 30.3 Å². The predicted octanol–water partition coefficient (Wildman–Crippen LogP) is 1.33. The van der Waals surface area contributed by atoms with E-state index in [-0.39, 0.29) is 4.90 Å². The first-order valence-corrected chi connectivity index (χ1v) is 7.50. The standard InChI is InChI=1S/C14H13FN2O3S/c15-11-6-8-12(9-7-11)21(19,20)17-13(14(16)18)10-4-2-1-3-5-10/h1-9,13,17H,(H2,16,18). The smallest absolute Gasteiger partial charge is 0.241 e. The van der Waals surface area contributed by atoms with Crippen molar-refractivity contribution in [3.8, 4) is 0 Å². The zero-order valence-corrected chi connectivity index (χ0v) is 11.7. The summed E-state index contributed by atoms with van der Waals surface area (Å²) in [7, 11) is -3.99. The van der Waals surface area contributed by atoms with E-state index in [0.29, 0.717) is 5.56 Å². The second-order valence-corrected chi connectivity index (χ2v) is 6.04. The topological polar surface area (TPSA) is 89.3 Å². The Bertz CT molecular complexity index is 731. The SMILES string of the molecule is NC(=O)C(NS(=O)(=O)c1ccc(F)cc1)c1ccccc1. The summed E-state index contributed by atoms with van der Waals surface area (Å²) < 4.78 is 39.4. The minimum atomic E-state index is -3.99. The maximum atomic E-state index is 12.8. The molecule has 0 radical (unpaired) electrons. The quantitative estimate of drug-likeness (QED) is 0.873. The number of nitrogens with two attached hydrogens (primary N) is 1. The van der Waals surface area contributed by atoms with Crippen LogP contribution in [0.5, 0.6) is 0 Å². The van der Waals surface area contributed by atoms with E-state index in [1.807, 2.05) is 0 Å². The normalized spacial score (nSPS) is 12.8. The Morgan fingerprint density at radius 3 is 2.14 bits per heavy atom. The van der Waals surface area contributed by atoms with E-state index in [2.05, 4.69) is 4.72 Å². The highest BCUT2D eigenvalue weighted by atomic mass is 32.2. The van der Waals surface area contributed by atoms with Crippen LogP contribution in [-0.2, 0) is 14.8 Å². The molecule has 2 rings (SSSR count). The van der Waals surface area contributed by atoms with Crippen molar-refractivity contribution >= 4 is 15.9 Å². The molecule has 1 atom stereocenters. The molecule has 1 amide bonds. The van der Waals surface area contributed by atoms with Crippen molar-refractivity contribution in [1.29, 1.82) is 0 Å². The number of amides is 1. The van der Waals surface area contributed by atoms with E-state index in [0.717, 1.165) is 24.3 Å². The molecule has 0 aliphatic rings. The van der Waals surface area contributed by atoms with Gasteiger partial charge in [0.05, 0.1) is 4.90 Å². The van der Waals surface area contributed by atoms with Gasteiger partial charge >= 0.3 is 0 Å². The Morgan fingerprint density at radius 1 is 1.05 bits per heavy atom. The van der Waals surface area contributed by atoms with Gasteiger partial charge in [0.2, 0.25) is 15.9 Å². The average Bonchev–Trinajstić information content (AvgIpc) is 2.46. The molecule has 0 spiro atoms. The van der Waals surface area contributed by atoms with Crippen LogP contribution in [0.2, 0.25) is 0 Å². The summed E-state index contributed by atoms with van der Waals surface area (Å²) in [4.78, 5) is 11.4. The van der Waals surface area contributed by atoms with Crippen LogP contribution in [-0.4, -0.2) is 14.3 Å². The molecule has 110 valence electrons. The van der Waals surface area contributed by atoms with E-state index < -0.39 is 27.8 Å². The predicted molar refractivity (Wildman–Crippen MR) is 75.1 cm³/mol. The Balaban J connectivity index is 2.32. The Hall–Kier alpha value is -2.25. The minimum Gasteiger partial charge on any atom is -0.368 e. The number of carbonyl (C=O) groups excluding carboxylic acids is 1. The van der Waals surface area contributed by atoms with Crippen molar-refractivity contribution in [3.05, 3.63) is 66.0 Å². The average molecular weight is 308 g/mol. The van der Waals surface area contributed by atoms with Crippen LogP contribution in [0, 0.1) is 5.82 Å². The van der Waals surface area contributed by atoms with Crippen LogP contribution in [0.25, 0.3) is 0 Å². The largest absolute Gasteiger partial charge is 0.368 e. The molecule has 2 aromatic carbocycles. The van der Waals surface area contributed by atoms with Gasteiger partial charge in [-0.25, -0.2) is 12.8 Å². The van der Waals surface area contributed by atoms with Gasteiger partial charge in [-0.15, -0.1) is 0 Å². The van der Waals surface area contributed by atoms with Gasteiger partial charge in [0, 0.05) is 0 Å². The third kappa shape index (κ3) is 3.65. The lowest BCUT2D eigenvalue weighted by molar-refractivity contribution is -0.119. The molecule has 0 fully saturated rings. The summed E-state index contributed by atoms with van der Waals surface area (Å²) in [5.41, 5.74) is 5.68. The van der Waals surface area contributed by atoms with Crippen molar-refractivity contribution < 1.29 is 17.6 Å². The lowest BCUT2D eigenvalue weighted by Gasteiger charge is -2.16. The third-order valence-corrected chi connectivity index (χ3v) is 4.25. The number of rotatable bonds is 5. The first-order valence-electron chi connectivity index (χ1n) is 6.02. The first-order chi connectivity index (χ1) is 9.90. The summed E-state index contributed by atoms with van der Waals surface area (Å²) in [6.45, 7) is 0. The molecule has 0 aromatic heterocycles. The van der Waals surface area contributed by atoms with Gasteiger partial charge in [0.1, 0.15) is 11.9 Å². The Labute approximate surface area is 121 Å². The zero-order chi connectivity index (χ0) is 15.5. The van der Waals surface area contributed by atoms with Crippen LogP contribution in [0.3, 0.4) is 0 Å². The van der Waals surface area contributed by atoms with E-state index >= 15 is 0 Å². The van der Waals surface area contributed by atoms with E-state index in [1.54, 1.807) is 30.3 Å². The van der Waals surface area contributed by atoms with Crippen molar-refractivity contribution in [2.45, 2.75) is 10.9 Å². The number of benzene rings is 2. The molecule has 2 aromatic rings. The van der Waals surface area contributed by atoms with Crippen molar-refractivity contribution in [1.82, 2.24) is 4.72 Å². The maximum absolute atomic E-state index is 12.8. The van der Waals surface area contributed by atoms with Gasteiger partial charge in [-0.2, -0.15) is 4.72 Å². The summed E-state index contributed by atoms with van der Waals surface area (Å²) in [6.07, 6.45) is 0. The highest BCUT2D eigenvalue weighted by molar-refractivity contribution is 7.89. The van der Waals surface area contributed by atoms with Crippen LogP contribution in [0.4, 0.5) is 4.39 Å². The second-order valence-electron chi connectivity index (χ2n) is 4.32. The number of sulfonamides is 1. The van der Waals surface area contributed by atoms with E-state index in [9.17, 15) is 17.6 Å². The number of hydrogen-bond acceptors (Lipinski definition) is 3. The highest BCUT2D eigenvalue weighted by Gasteiger charge is 2.25. The third-order valence-electron chi connectivity index (χ3n) is 2.81. The molecule has 0 saturated heterocycles. The fourth-order valence-corrected chi connectivity index (χ4v) is 2.97. The molecular formula is C14H13FN2O3S. The number of carbonyl (C=O) groups is 1. The number of primary amides is 1. The first kappa shape index (κ1) is 15.1. The van der Waals surface area contributed by atoms with Gasteiger partial charge in [0.25, 0.3) is 0 Å². The Kier molecular flexibility index (Phi) is 4.35.